The molecule has 0 fully saturated rings. The van der Waals surface area contributed by atoms with Crippen molar-refractivity contribution in [3.63, 3.8) is 0 Å². The van der Waals surface area contributed by atoms with Gasteiger partial charge in [0.2, 0.25) is 0 Å². The smallest absolute Gasteiger partial charge is 0.196 e. The molecule has 0 aromatic heterocycles. The molecule has 0 radical (unpaired) electrons. The maximum atomic E-state index is 14.1. The van der Waals surface area contributed by atoms with Gasteiger partial charge in [0.1, 0.15) is 0 Å². The lowest BCUT2D eigenvalue weighted by Gasteiger charge is -2.09. The lowest BCUT2D eigenvalue weighted by atomic mass is 9.96. The van der Waals surface area contributed by atoms with Crippen molar-refractivity contribution in [2.75, 3.05) is 6.54 Å². The summed E-state index contributed by atoms with van der Waals surface area (Å²) in [5.74, 6) is -1.10. The standard InChI is InChI=1S/C15H12BrClFNO/c16-12-6-5-11(14(18)13(12)17)15(20)10-4-2-1-3-9(10)7-8-19/h1-6H,7-8,19H2. The molecule has 0 aliphatic rings. The fourth-order valence-corrected chi connectivity index (χ4v) is 2.43. The van der Waals surface area contributed by atoms with E-state index >= 15 is 0 Å². The van der Waals surface area contributed by atoms with Crippen LogP contribution in [-0.4, -0.2) is 12.3 Å². The number of hydrogen-bond donors (Lipinski definition) is 1. The second kappa shape index (κ2) is 6.48. The third-order valence-corrected chi connectivity index (χ3v) is 4.21. The minimum Gasteiger partial charge on any atom is -0.330 e. The van der Waals surface area contributed by atoms with Crippen LogP contribution in [-0.2, 0) is 6.42 Å². The number of halogens is 3. The molecule has 0 unspecified atom stereocenters. The molecule has 2 N–H and O–H groups in total. The van der Waals surface area contributed by atoms with E-state index in [1.54, 1.807) is 18.2 Å². The fourth-order valence-electron chi connectivity index (χ4n) is 1.96. The van der Waals surface area contributed by atoms with E-state index in [4.69, 9.17) is 17.3 Å². The molecule has 0 spiro atoms. The summed E-state index contributed by atoms with van der Waals surface area (Å²) in [6.07, 6.45) is 0.563. The summed E-state index contributed by atoms with van der Waals surface area (Å²) in [4.78, 5) is 12.5. The largest absolute Gasteiger partial charge is 0.330 e. The van der Waals surface area contributed by atoms with Gasteiger partial charge in [0, 0.05) is 10.0 Å². The van der Waals surface area contributed by atoms with Crippen LogP contribution in [0.5, 0.6) is 0 Å². The van der Waals surface area contributed by atoms with Crippen molar-refractivity contribution in [3.8, 4) is 0 Å². The van der Waals surface area contributed by atoms with Crippen LogP contribution in [0.3, 0.4) is 0 Å². The quantitative estimate of drug-likeness (QED) is 0.665. The number of carbonyl (C=O) groups excluding carboxylic acids is 1. The first kappa shape index (κ1) is 15.2. The predicted molar refractivity (Wildman–Crippen MR) is 81.7 cm³/mol. The highest BCUT2D eigenvalue weighted by molar-refractivity contribution is 9.10. The van der Waals surface area contributed by atoms with E-state index in [2.05, 4.69) is 15.9 Å². The summed E-state index contributed by atoms with van der Waals surface area (Å²) >= 11 is 8.95. The summed E-state index contributed by atoms with van der Waals surface area (Å²) in [5, 5.41) is -0.0906. The van der Waals surface area contributed by atoms with E-state index in [9.17, 15) is 9.18 Å². The number of nitrogens with two attached hydrogens (primary N) is 1. The Hall–Kier alpha value is -1.23. The fraction of sp³-hybridized carbons (Fsp3) is 0.133. The molecule has 0 saturated heterocycles. The van der Waals surface area contributed by atoms with Gasteiger partial charge in [-0.25, -0.2) is 4.39 Å². The summed E-state index contributed by atoms with van der Waals surface area (Å²) < 4.78 is 14.5. The van der Waals surface area contributed by atoms with Crippen LogP contribution in [0.25, 0.3) is 0 Å². The molecule has 5 heteroatoms. The highest BCUT2D eigenvalue weighted by atomic mass is 79.9. The third-order valence-electron chi connectivity index (χ3n) is 2.96. The second-order valence-electron chi connectivity index (χ2n) is 4.25. The number of hydrogen-bond acceptors (Lipinski definition) is 2. The summed E-state index contributed by atoms with van der Waals surface area (Å²) in [6.45, 7) is 0.424. The molecule has 0 bridgehead atoms. The summed E-state index contributed by atoms with van der Waals surface area (Å²) in [5.41, 5.74) is 6.75. The van der Waals surface area contributed by atoms with Gasteiger partial charge in [-0.1, -0.05) is 35.9 Å². The van der Waals surface area contributed by atoms with Gasteiger partial charge in [0.15, 0.2) is 11.6 Å². The van der Waals surface area contributed by atoms with Crippen LogP contribution >= 0.6 is 27.5 Å². The van der Waals surface area contributed by atoms with Crippen LogP contribution in [0.1, 0.15) is 21.5 Å². The number of benzene rings is 2. The molecular formula is C15H12BrClFNO. The zero-order valence-corrected chi connectivity index (χ0v) is 12.8. The first-order valence-electron chi connectivity index (χ1n) is 6.02. The van der Waals surface area contributed by atoms with Crippen molar-refractivity contribution >= 4 is 33.3 Å². The van der Waals surface area contributed by atoms with E-state index in [0.717, 1.165) is 5.56 Å². The lowest BCUT2D eigenvalue weighted by Crippen LogP contribution is -2.11. The van der Waals surface area contributed by atoms with Crippen molar-refractivity contribution < 1.29 is 9.18 Å². The number of rotatable bonds is 4. The molecule has 2 rings (SSSR count). The number of ketones is 1. The molecule has 0 atom stereocenters. The molecule has 0 saturated carbocycles. The minimum absolute atomic E-state index is 0.0392. The van der Waals surface area contributed by atoms with Crippen LogP contribution in [0.15, 0.2) is 40.9 Å². The topological polar surface area (TPSA) is 43.1 Å². The lowest BCUT2D eigenvalue weighted by molar-refractivity contribution is 0.103. The monoisotopic (exact) mass is 355 g/mol. The van der Waals surface area contributed by atoms with Gasteiger partial charge in [0.05, 0.1) is 10.6 Å². The first-order valence-corrected chi connectivity index (χ1v) is 7.19. The predicted octanol–water partition coefficient (Wildman–Crippen LogP) is 3.97. The zero-order chi connectivity index (χ0) is 14.7. The van der Waals surface area contributed by atoms with Crippen molar-refractivity contribution in [1.82, 2.24) is 0 Å². The molecule has 2 aromatic rings. The summed E-state index contributed by atoms with van der Waals surface area (Å²) in [7, 11) is 0. The van der Waals surface area contributed by atoms with Gasteiger partial charge in [0.25, 0.3) is 0 Å². The van der Waals surface area contributed by atoms with E-state index < -0.39 is 5.82 Å². The van der Waals surface area contributed by atoms with Crippen molar-refractivity contribution in [1.29, 1.82) is 0 Å². The Morgan fingerprint density at radius 3 is 2.60 bits per heavy atom. The normalized spacial score (nSPS) is 10.6. The molecule has 104 valence electrons. The van der Waals surface area contributed by atoms with Crippen LogP contribution in [0, 0.1) is 5.82 Å². The third kappa shape index (κ3) is 2.92. The molecule has 2 aromatic carbocycles. The molecule has 0 heterocycles. The van der Waals surface area contributed by atoms with E-state index in [0.29, 0.717) is 23.0 Å². The van der Waals surface area contributed by atoms with Gasteiger partial charge in [-0.2, -0.15) is 0 Å². The molecular weight excluding hydrogens is 345 g/mol. The van der Waals surface area contributed by atoms with E-state index in [-0.39, 0.29) is 16.4 Å². The van der Waals surface area contributed by atoms with Gasteiger partial charge < -0.3 is 5.73 Å². The maximum Gasteiger partial charge on any atom is 0.196 e. The Bertz CT molecular complexity index is 660. The average molecular weight is 357 g/mol. The molecule has 0 aliphatic carbocycles. The average Bonchev–Trinajstić information content (AvgIpc) is 2.45. The maximum absolute atomic E-state index is 14.1. The van der Waals surface area contributed by atoms with E-state index in [1.807, 2.05) is 12.1 Å². The Balaban J connectivity index is 2.50. The van der Waals surface area contributed by atoms with Crippen molar-refractivity contribution in [2.24, 2.45) is 5.73 Å². The summed E-state index contributed by atoms with van der Waals surface area (Å²) in [6, 6.07) is 10.0. The molecule has 2 nitrogen and oxygen atoms in total. The van der Waals surface area contributed by atoms with Gasteiger partial charge in [-0.3, -0.25) is 4.79 Å². The van der Waals surface area contributed by atoms with Gasteiger partial charge in [-0.15, -0.1) is 0 Å². The number of carbonyl (C=O) groups is 1. The Morgan fingerprint density at radius 2 is 1.90 bits per heavy atom. The second-order valence-corrected chi connectivity index (χ2v) is 5.48. The van der Waals surface area contributed by atoms with Gasteiger partial charge >= 0.3 is 0 Å². The molecule has 0 aliphatic heterocycles. The highest BCUT2D eigenvalue weighted by Crippen LogP contribution is 2.29. The Labute approximate surface area is 129 Å². The van der Waals surface area contributed by atoms with Crippen LogP contribution in [0.2, 0.25) is 5.02 Å². The van der Waals surface area contributed by atoms with E-state index in [1.165, 1.54) is 6.07 Å². The zero-order valence-electron chi connectivity index (χ0n) is 10.5. The van der Waals surface area contributed by atoms with Crippen LogP contribution in [0.4, 0.5) is 4.39 Å². The SMILES string of the molecule is NCCc1ccccc1C(=O)c1ccc(Br)c(Cl)c1F. The Kier molecular flexibility index (Phi) is 4.91. The Morgan fingerprint density at radius 1 is 1.20 bits per heavy atom. The van der Waals surface area contributed by atoms with Crippen LogP contribution < -0.4 is 5.73 Å². The molecule has 20 heavy (non-hydrogen) atoms. The van der Waals surface area contributed by atoms with Crippen molar-refractivity contribution in [2.45, 2.75) is 6.42 Å². The minimum atomic E-state index is -0.714. The highest BCUT2D eigenvalue weighted by Gasteiger charge is 2.19. The van der Waals surface area contributed by atoms with Crippen molar-refractivity contribution in [3.05, 3.63) is 68.4 Å². The first-order chi connectivity index (χ1) is 9.56. The van der Waals surface area contributed by atoms with Gasteiger partial charge in [-0.05, 0) is 46.6 Å². The molecule has 0 amide bonds.